The van der Waals surface area contributed by atoms with Crippen LogP contribution in [-0.2, 0) is 6.54 Å². The number of hydrogen-bond donors (Lipinski definition) is 1. The second-order valence-electron chi connectivity index (χ2n) is 7.67. The number of benzene rings is 1. The Labute approximate surface area is 186 Å². The van der Waals surface area contributed by atoms with Gasteiger partial charge in [0.15, 0.2) is 5.65 Å². The van der Waals surface area contributed by atoms with Crippen molar-refractivity contribution in [1.29, 1.82) is 0 Å². The Bertz CT molecular complexity index is 1150. The summed E-state index contributed by atoms with van der Waals surface area (Å²) in [5.41, 5.74) is 4.27. The van der Waals surface area contributed by atoms with Crippen LogP contribution in [0.15, 0.2) is 53.4 Å². The molecule has 0 spiro atoms. The average molecular weight is 434 g/mol. The molecule has 0 unspecified atom stereocenters. The molecule has 30 heavy (non-hydrogen) atoms. The topological polar surface area (TPSA) is 45.5 Å². The first-order chi connectivity index (χ1) is 14.7. The maximum absolute atomic E-state index is 6.42. The summed E-state index contributed by atoms with van der Waals surface area (Å²) in [6.07, 6.45) is 3.80. The molecule has 0 aliphatic carbocycles. The lowest BCUT2D eigenvalue weighted by molar-refractivity contribution is 0.211. The second-order valence-corrected chi connectivity index (χ2v) is 8.86. The molecule has 150 valence electrons. The number of nitrogens with zero attached hydrogens (tertiary/aromatic N) is 4. The lowest BCUT2D eigenvalue weighted by Crippen LogP contribution is -2.39. The summed E-state index contributed by atoms with van der Waals surface area (Å²) in [5.74, 6) is 0.892. The molecule has 1 aromatic carbocycles. The normalized spacial score (nSPS) is 15.6. The first kappa shape index (κ1) is 19.6. The first-order valence-electron chi connectivity index (χ1n) is 10.1. The lowest BCUT2D eigenvalue weighted by atomic mass is 10.0. The molecule has 0 amide bonds. The number of aromatic nitrogens is 3. The van der Waals surface area contributed by atoms with Crippen LogP contribution in [0.3, 0.4) is 0 Å². The molecule has 1 aliphatic heterocycles. The molecule has 1 saturated heterocycles. The van der Waals surface area contributed by atoms with E-state index < -0.39 is 0 Å². The molecule has 3 aromatic heterocycles. The van der Waals surface area contributed by atoms with Gasteiger partial charge in [0.1, 0.15) is 13.7 Å². The smallest absolute Gasteiger partial charge is 0.150 e. The van der Waals surface area contributed by atoms with Gasteiger partial charge in [0.05, 0.1) is 5.69 Å². The van der Waals surface area contributed by atoms with Gasteiger partial charge in [-0.2, -0.15) is 21.0 Å². The number of piperidine rings is 1. The summed E-state index contributed by atoms with van der Waals surface area (Å²) in [6, 6.07) is 12.3. The molecule has 0 bridgehead atoms. The second kappa shape index (κ2) is 8.42. The molecule has 1 aliphatic rings. The number of thiophene rings is 1. The first-order valence-corrected chi connectivity index (χ1v) is 11.4. The zero-order chi connectivity index (χ0) is 20.5. The van der Waals surface area contributed by atoms with Crippen molar-refractivity contribution >= 4 is 47.7 Å². The quantitative estimate of drug-likeness (QED) is 0.484. The molecule has 4 aromatic rings. The number of halogens is 1. The van der Waals surface area contributed by atoms with Crippen LogP contribution in [0.1, 0.15) is 18.4 Å². The predicted molar refractivity (Wildman–Crippen MR) is 125 cm³/mol. The highest BCUT2D eigenvalue weighted by Gasteiger charge is 2.21. The largest absolute Gasteiger partial charge is 0.367 e. The molecule has 5 rings (SSSR count). The molecule has 8 heteroatoms. The fraction of sp³-hybridized carbons (Fsp3) is 0.273. The third kappa shape index (κ3) is 3.97. The van der Waals surface area contributed by atoms with E-state index in [0.29, 0.717) is 22.2 Å². The van der Waals surface area contributed by atoms with Crippen molar-refractivity contribution in [3.63, 3.8) is 0 Å². The van der Waals surface area contributed by atoms with Gasteiger partial charge in [-0.3, -0.25) is 4.90 Å². The molecule has 0 saturated carbocycles. The maximum Gasteiger partial charge on any atom is 0.150 e. The van der Waals surface area contributed by atoms with Crippen LogP contribution in [0.2, 0.25) is 5.02 Å². The Kier molecular flexibility index (Phi) is 5.50. The zero-order valence-corrected chi connectivity index (χ0v) is 18.0. The Morgan fingerprint density at radius 1 is 1.20 bits per heavy atom. The van der Waals surface area contributed by atoms with E-state index in [1.54, 1.807) is 22.0 Å². The van der Waals surface area contributed by atoms with Crippen LogP contribution in [0.5, 0.6) is 0 Å². The van der Waals surface area contributed by atoms with Gasteiger partial charge in [-0.05, 0) is 46.8 Å². The monoisotopic (exact) mass is 433 g/mol. The summed E-state index contributed by atoms with van der Waals surface area (Å²) in [6.45, 7) is 3.17. The molecule has 1 fully saturated rings. The maximum atomic E-state index is 6.42. The number of rotatable bonds is 5. The van der Waals surface area contributed by atoms with Crippen LogP contribution in [0.4, 0.5) is 5.82 Å². The standard InChI is InChI=1S/C22H21BClN5S/c23-18-12-25-29-21(11-20(27-22(18)29)17-3-1-2-4-19(17)24)26-16-5-8-28(9-6-16)13-15-7-10-30-14-15/h1-4,7,10-12,14,16,26H,5-6,8-9,13H2. The van der Waals surface area contributed by atoms with Gasteiger partial charge in [0, 0.05) is 48.5 Å². The summed E-state index contributed by atoms with van der Waals surface area (Å²) in [7, 11) is 6.13. The van der Waals surface area contributed by atoms with Crippen molar-refractivity contribution in [2.45, 2.75) is 25.4 Å². The van der Waals surface area contributed by atoms with E-state index in [0.717, 1.165) is 49.6 Å². The Hall–Kier alpha value is -2.35. The summed E-state index contributed by atoms with van der Waals surface area (Å²) < 4.78 is 1.79. The molecule has 4 heterocycles. The molecular formula is C22H21BClN5S. The van der Waals surface area contributed by atoms with Crippen LogP contribution < -0.4 is 10.8 Å². The predicted octanol–water partition coefficient (Wildman–Crippen LogP) is 3.98. The van der Waals surface area contributed by atoms with Crippen LogP contribution in [0.25, 0.3) is 16.9 Å². The van der Waals surface area contributed by atoms with Crippen molar-refractivity contribution in [2.24, 2.45) is 0 Å². The van der Waals surface area contributed by atoms with Gasteiger partial charge in [-0.1, -0.05) is 29.8 Å². The average Bonchev–Trinajstić information content (AvgIpc) is 3.40. The highest BCUT2D eigenvalue weighted by molar-refractivity contribution is 7.07. The number of hydrogen-bond acceptors (Lipinski definition) is 5. The van der Waals surface area contributed by atoms with Crippen molar-refractivity contribution in [3.8, 4) is 11.3 Å². The molecule has 5 nitrogen and oxygen atoms in total. The van der Waals surface area contributed by atoms with Crippen molar-refractivity contribution in [1.82, 2.24) is 19.5 Å². The SMILES string of the molecule is [B]c1cnn2c(NC3CCN(Cc4ccsc4)CC3)cc(-c3ccccc3Cl)nc12. The number of nitrogens with one attached hydrogen (secondary N) is 1. The van der Waals surface area contributed by atoms with Gasteiger partial charge < -0.3 is 5.32 Å². The van der Waals surface area contributed by atoms with Crippen molar-refractivity contribution < 1.29 is 0 Å². The zero-order valence-electron chi connectivity index (χ0n) is 16.5. The highest BCUT2D eigenvalue weighted by atomic mass is 35.5. The summed E-state index contributed by atoms with van der Waals surface area (Å²) in [5, 5.41) is 13.2. The number of anilines is 1. The summed E-state index contributed by atoms with van der Waals surface area (Å²) in [4.78, 5) is 7.23. The van der Waals surface area contributed by atoms with Gasteiger partial charge in [-0.15, -0.1) is 0 Å². The minimum atomic E-state index is 0.374. The minimum absolute atomic E-state index is 0.374. The highest BCUT2D eigenvalue weighted by Crippen LogP contribution is 2.29. The number of likely N-dealkylation sites (tertiary alicyclic amines) is 1. The van der Waals surface area contributed by atoms with Crippen LogP contribution in [0, 0.1) is 0 Å². The van der Waals surface area contributed by atoms with E-state index in [2.05, 4.69) is 32.1 Å². The van der Waals surface area contributed by atoms with E-state index in [9.17, 15) is 0 Å². The molecule has 1 N–H and O–H groups in total. The van der Waals surface area contributed by atoms with E-state index in [4.69, 9.17) is 24.4 Å². The Morgan fingerprint density at radius 2 is 2.03 bits per heavy atom. The fourth-order valence-corrected chi connectivity index (χ4v) is 4.87. The van der Waals surface area contributed by atoms with Crippen molar-refractivity contribution in [2.75, 3.05) is 18.4 Å². The number of fused-ring (bicyclic) bond motifs is 1. The van der Waals surface area contributed by atoms with Crippen LogP contribution >= 0.6 is 22.9 Å². The molecule has 0 atom stereocenters. The van der Waals surface area contributed by atoms with Gasteiger partial charge in [0.2, 0.25) is 0 Å². The van der Waals surface area contributed by atoms with Crippen molar-refractivity contribution in [3.05, 3.63) is 63.9 Å². The fourth-order valence-electron chi connectivity index (χ4n) is 3.97. The lowest BCUT2D eigenvalue weighted by Gasteiger charge is -2.32. The van der Waals surface area contributed by atoms with E-state index >= 15 is 0 Å². The van der Waals surface area contributed by atoms with E-state index in [1.807, 2.05) is 30.3 Å². The van der Waals surface area contributed by atoms with Crippen LogP contribution in [-0.4, -0.2) is 46.5 Å². The Morgan fingerprint density at radius 3 is 2.80 bits per heavy atom. The van der Waals surface area contributed by atoms with Gasteiger partial charge in [-0.25, -0.2) is 4.98 Å². The third-order valence-electron chi connectivity index (χ3n) is 5.57. The summed E-state index contributed by atoms with van der Waals surface area (Å²) >= 11 is 8.18. The third-order valence-corrected chi connectivity index (χ3v) is 6.64. The minimum Gasteiger partial charge on any atom is -0.367 e. The van der Waals surface area contributed by atoms with Gasteiger partial charge in [0.25, 0.3) is 0 Å². The molecule has 2 radical (unpaired) electrons. The molecular weight excluding hydrogens is 413 g/mol. The Balaban J connectivity index is 1.37. The van der Waals surface area contributed by atoms with Gasteiger partial charge >= 0.3 is 0 Å². The van der Waals surface area contributed by atoms with E-state index in [-0.39, 0.29) is 0 Å². The van der Waals surface area contributed by atoms with E-state index in [1.165, 1.54) is 5.56 Å².